The standard InChI is InChI=1S/C22H22N4O2S/c1-4-16-7-11-19(12-8-16)28-15(2)21-24-25-22(26(21)3)29-14-20(27)18-9-5-17(13-23)6-10-18/h5-12,15H,4,14H2,1-3H3/t15-/m1/s1. The van der Waals surface area contributed by atoms with E-state index in [2.05, 4.69) is 29.3 Å². The maximum Gasteiger partial charge on any atom is 0.191 e. The van der Waals surface area contributed by atoms with Gasteiger partial charge in [-0.25, -0.2) is 0 Å². The van der Waals surface area contributed by atoms with Crippen molar-refractivity contribution in [1.82, 2.24) is 14.8 Å². The minimum Gasteiger partial charge on any atom is -0.483 e. The van der Waals surface area contributed by atoms with Crippen molar-refractivity contribution in [2.75, 3.05) is 5.75 Å². The van der Waals surface area contributed by atoms with Crippen molar-refractivity contribution in [3.63, 3.8) is 0 Å². The average molecular weight is 407 g/mol. The fraction of sp³-hybridized carbons (Fsp3) is 0.273. The van der Waals surface area contributed by atoms with E-state index in [1.54, 1.807) is 24.3 Å². The van der Waals surface area contributed by atoms with Crippen molar-refractivity contribution in [2.24, 2.45) is 7.05 Å². The Kier molecular flexibility index (Phi) is 6.68. The van der Waals surface area contributed by atoms with Crippen molar-refractivity contribution >= 4 is 17.5 Å². The summed E-state index contributed by atoms with van der Waals surface area (Å²) in [6.07, 6.45) is 0.713. The molecule has 0 fully saturated rings. The fourth-order valence-electron chi connectivity index (χ4n) is 2.81. The van der Waals surface area contributed by atoms with E-state index in [4.69, 9.17) is 10.00 Å². The van der Waals surface area contributed by atoms with Crippen LogP contribution in [0.3, 0.4) is 0 Å². The summed E-state index contributed by atoms with van der Waals surface area (Å²) in [6.45, 7) is 4.04. The quantitative estimate of drug-likeness (QED) is 0.408. The van der Waals surface area contributed by atoms with Gasteiger partial charge in [0.05, 0.1) is 17.4 Å². The van der Waals surface area contributed by atoms with Crippen molar-refractivity contribution in [3.05, 3.63) is 71.0 Å². The lowest BCUT2D eigenvalue weighted by Crippen LogP contribution is -2.10. The Morgan fingerprint density at radius 1 is 1.17 bits per heavy atom. The zero-order valence-electron chi connectivity index (χ0n) is 16.6. The Hall–Kier alpha value is -3.11. The van der Waals surface area contributed by atoms with Crippen molar-refractivity contribution < 1.29 is 9.53 Å². The Bertz CT molecular complexity index is 1020. The molecular weight excluding hydrogens is 384 g/mol. The zero-order chi connectivity index (χ0) is 20.8. The first-order valence-electron chi connectivity index (χ1n) is 9.32. The van der Waals surface area contributed by atoms with Crippen LogP contribution in [0.4, 0.5) is 0 Å². The van der Waals surface area contributed by atoms with Gasteiger partial charge >= 0.3 is 0 Å². The molecule has 3 aromatic rings. The third kappa shape index (κ3) is 5.04. The molecule has 6 nitrogen and oxygen atoms in total. The highest BCUT2D eigenvalue weighted by molar-refractivity contribution is 7.99. The number of ketones is 1. The number of carbonyl (C=O) groups is 1. The minimum absolute atomic E-state index is 0.0237. The van der Waals surface area contributed by atoms with Gasteiger partial charge in [0.2, 0.25) is 0 Å². The lowest BCUT2D eigenvalue weighted by molar-refractivity contribution is 0.102. The largest absolute Gasteiger partial charge is 0.483 e. The number of carbonyl (C=O) groups excluding carboxylic acids is 1. The Morgan fingerprint density at radius 2 is 1.86 bits per heavy atom. The Balaban J connectivity index is 1.61. The number of aryl methyl sites for hydroxylation is 1. The predicted molar refractivity (Wildman–Crippen MR) is 112 cm³/mol. The molecule has 0 saturated carbocycles. The van der Waals surface area contributed by atoms with Crippen LogP contribution in [0.15, 0.2) is 53.7 Å². The van der Waals surface area contributed by atoms with Gasteiger partial charge in [-0.1, -0.05) is 43.0 Å². The third-order valence-electron chi connectivity index (χ3n) is 4.54. The summed E-state index contributed by atoms with van der Waals surface area (Å²) in [7, 11) is 1.86. The van der Waals surface area contributed by atoms with Gasteiger partial charge in [0, 0.05) is 12.6 Å². The molecule has 3 rings (SSSR count). The van der Waals surface area contributed by atoms with Gasteiger partial charge in [-0.2, -0.15) is 5.26 Å². The zero-order valence-corrected chi connectivity index (χ0v) is 17.4. The summed E-state index contributed by atoms with van der Waals surface area (Å²) in [6, 6.07) is 16.7. The molecule has 0 spiro atoms. The van der Waals surface area contributed by atoms with Crippen LogP contribution in [0.25, 0.3) is 0 Å². The Morgan fingerprint density at radius 3 is 2.48 bits per heavy atom. The van der Waals surface area contributed by atoms with Crippen molar-refractivity contribution in [3.8, 4) is 11.8 Å². The number of hydrogen-bond acceptors (Lipinski definition) is 6. The van der Waals surface area contributed by atoms with Crippen LogP contribution in [-0.2, 0) is 13.5 Å². The van der Waals surface area contributed by atoms with Crippen LogP contribution in [0.5, 0.6) is 5.75 Å². The lowest BCUT2D eigenvalue weighted by Gasteiger charge is -2.14. The highest BCUT2D eigenvalue weighted by Crippen LogP contribution is 2.24. The van der Waals surface area contributed by atoms with Gasteiger partial charge in [0.1, 0.15) is 5.75 Å². The Labute approximate surface area is 174 Å². The lowest BCUT2D eigenvalue weighted by atomic mass is 10.1. The molecule has 0 aliphatic rings. The SMILES string of the molecule is CCc1ccc(O[C@H](C)c2nnc(SCC(=O)c3ccc(C#N)cc3)n2C)cc1. The predicted octanol–water partition coefficient (Wildman–Crippen LogP) is 4.36. The number of aromatic nitrogens is 3. The molecule has 0 aliphatic carbocycles. The summed E-state index contributed by atoms with van der Waals surface area (Å²) < 4.78 is 7.83. The smallest absolute Gasteiger partial charge is 0.191 e. The second-order valence-electron chi connectivity index (χ2n) is 6.56. The van der Waals surface area contributed by atoms with Crippen LogP contribution in [-0.4, -0.2) is 26.3 Å². The molecule has 0 bridgehead atoms. The molecule has 1 aromatic heterocycles. The van der Waals surface area contributed by atoms with Gasteiger partial charge in [-0.05, 0) is 43.2 Å². The van der Waals surface area contributed by atoms with E-state index in [9.17, 15) is 4.79 Å². The van der Waals surface area contributed by atoms with Crippen LogP contribution >= 0.6 is 11.8 Å². The summed E-state index contributed by atoms with van der Waals surface area (Å²) in [5.41, 5.74) is 2.37. The molecule has 0 radical (unpaired) electrons. The number of rotatable bonds is 8. The minimum atomic E-state index is -0.274. The second-order valence-corrected chi connectivity index (χ2v) is 7.50. The van der Waals surface area contributed by atoms with E-state index < -0.39 is 0 Å². The number of nitriles is 1. The molecule has 0 unspecified atom stereocenters. The van der Waals surface area contributed by atoms with Gasteiger partial charge < -0.3 is 9.30 Å². The maximum atomic E-state index is 12.4. The normalized spacial score (nSPS) is 11.7. The van der Waals surface area contributed by atoms with E-state index in [1.165, 1.54) is 17.3 Å². The number of benzene rings is 2. The first-order chi connectivity index (χ1) is 14.0. The highest BCUT2D eigenvalue weighted by Gasteiger charge is 2.18. The van der Waals surface area contributed by atoms with Crippen LogP contribution in [0.1, 0.15) is 47.3 Å². The van der Waals surface area contributed by atoms with Gasteiger partial charge in [0.15, 0.2) is 22.9 Å². The van der Waals surface area contributed by atoms with E-state index in [0.29, 0.717) is 22.1 Å². The highest BCUT2D eigenvalue weighted by atomic mass is 32.2. The molecule has 0 N–H and O–H groups in total. The van der Waals surface area contributed by atoms with Crippen LogP contribution in [0.2, 0.25) is 0 Å². The van der Waals surface area contributed by atoms with Gasteiger partial charge in [-0.15, -0.1) is 10.2 Å². The molecule has 29 heavy (non-hydrogen) atoms. The maximum absolute atomic E-state index is 12.4. The van der Waals surface area contributed by atoms with Crippen LogP contribution < -0.4 is 4.74 Å². The van der Waals surface area contributed by atoms with Crippen LogP contribution in [0, 0.1) is 11.3 Å². The summed E-state index contributed by atoms with van der Waals surface area (Å²) in [5.74, 6) is 1.69. The summed E-state index contributed by atoms with van der Waals surface area (Å²) in [4.78, 5) is 12.4. The van der Waals surface area contributed by atoms with Crippen molar-refractivity contribution in [1.29, 1.82) is 5.26 Å². The number of ether oxygens (including phenoxy) is 1. The molecule has 1 atom stereocenters. The van der Waals surface area contributed by atoms with Gasteiger partial charge in [0.25, 0.3) is 0 Å². The molecule has 7 heteroatoms. The molecule has 1 heterocycles. The van der Waals surface area contributed by atoms with E-state index >= 15 is 0 Å². The first kappa shape index (κ1) is 20.6. The molecule has 0 amide bonds. The molecule has 148 valence electrons. The molecule has 0 aliphatic heterocycles. The topological polar surface area (TPSA) is 80.8 Å². The second kappa shape index (κ2) is 9.39. The van der Waals surface area contributed by atoms with Gasteiger partial charge in [-0.3, -0.25) is 4.79 Å². The summed E-state index contributed by atoms with van der Waals surface area (Å²) in [5, 5.41) is 17.9. The van der Waals surface area contributed by atoms with E-state index in [0.717, 1.165) is 12.2 Å². The molecular formula is C22H22N4O2S. The molecule has 0 saturated heterocycles. The monoisotopic (exact) mass is 406 g/mol. The number of Topliss-reactive ketones (excluding diaryl/α,β-unsaturated/α-hetero) is 1. The third-order valence-corrected chi connectivity index (χ3v) is 5.57. The first-order valence-corrected chi connectivity index (χ1v) is 10.3. The molecule has 2 aromatic carbocycles. The van der Waals surface area contributed by atoms with E-state index in [-0.39, 0.29) is 17.6 Å². The number of nitrogens with zero attached hydrogens (tertiary/aromatic N) is 4. The number of hydrogen-bond donors (Lipinski definition) is 0. The number of thioether (sulfide) groups is 1. The fourth-order valence-corrected chi connectivity index (χ4v) is 3.62. The van der Waals surface area contributed by atoms with Crippen molar-refractivity contribution in [2.45, 2.75) is 31.5 Å². The average Bonchev–Trinajstić information content (AvgIpc) is 3.13. The van der Waals surface area contributed by atoms with E-state index in [1.807, 2.05) is 36.7 Å². The summed E-state index contributed by atoms with van der Waals surface area (Å²) >= 11 is 1.33.